The zero-order valence-corrected chi connectivity index (χ0v) is 7.41. The number of nitrogens with zero attached hydrogens (tertiary/aromatic N) is 1. The Morgan fingerprint density at radius 3 is 3.00 bits per heavy atom. The third-order valence-electron chi connectivity index (χ3n) is 1.91. The van der Waals surface area contributed by atoms with E-state index < -0.39 is 0 Å². The average Bonchev–Trinajstić information content (AvgIpc) is 2.18. The van der Waals surface area contributed by atoms with Crippen molar-refractivity contribution in [2.45, 2.75) is 13.5 Å². The molecule has 1 aromatic heterocycles. The van der Waals surface area contributed by atoms with E-state index in [1.165, 1.54) is 0 Å². The smallest absolute Gasteiger partial charge is 0.257 e. The van der Waals surface area contributed by atoms with Crippen molar-refractivity contribution in [2.24, 2.45) is 0 Å². The van der Waals surface area contributed by atoms with Gasteiger partial charge in [0.05, 0.1) is 12.3 Å². The second-order valence-electron chi connectivity index (χ2n) is 2.92. The number of aliphatic hydroxyl groups is 1. The minimum absolute atomic E-state index is 0.0719. The molecule has 4 heteroatoms. The first kappa shape index (κ1) is 8.31. The first-order valence-electron chi connectivity index (χ1n) is 4.18. The van der Waals surface area contributed by atoms with Gasteiger partial charge < -0.3 is 14.6 Å². The number of fused-ring (bicyclic) bond motifs is 1. The lowest BCUT2D eigenvalue weighted by Gasteiger charge is -2.19. The third kappa shape index (κ3) is 1.45. The van der Waals surface area contributed by atoms with Crippen molar-refractivity contribution in [1.29, 1.82) is 0 Å². The van der Waals surface area contributed by atoms with Gasteiger partial charge in [0.1, 0.15) is 13.2 Å². The van der Waals surface area contributed by atoms with Crippen molar-refractivity contribution in [3.05, 3.63) is 17.3 Å². The number of hydrogen-bond donors (Lipinski definition) is 1. The number of aromatic nitrogens is 1. The van der Waals surface area contributed by atoms with Crippen LogP contribution in [-0.2, 0) is 6.61 Å². The van der Waals surface area contributed by atoms with Crippen LogP contribution >= 0.6 is 0 Å². The summed E-state index contributed by atoms with van der Waals surface area (Å²) in [7, 11) is 0. The van der Waals surface area contributed by atoms with E-state index in [0.29, 0.717) is 30.5 Å². The summed E-state index contributed by atoms with van der Waals surface area (Å²) in [5.41, 5.74) is 1.57. The summed E-state index contributed by atoms with van der Waals surface area (Å²) >= 11 is 0. The first-order valence-corrected chi connectivity index (χ1v) is 4.18. The summed E-state index contributed by atoms with van der Waals surface area (Å²) in [6.45, 7) is 2.92. The van der Waals surface area contributed by atoms with Crippen molar-refractivity contribution in [3.8, 4) is 11.6 Å². The SMILES string of the molecule is Cc1cc(CO)nc2c1OCCO2. The van der Waals surface area contributed by atoms with Crippen LogP contribution in [0.5, 0.6) is 11.6 Å². The molecular formula is C9H11NO3. The van der Waals surface area contributed by atoms with E-state index in [1.54, 1.807) is 6.07 Å². The van der Waals surface area contributed by atoms with Gasteiger partial charge in [-0.25, -0.2) is 4.98 Å². The Labute approximate surface area is 76.1 Å². The summed E-state index contributed by atoms with van der Waals surface area (Å²) in [5, 5.41) is 8.90. The molecule has 2 heterocycles. The zero-order valence-electron chi connectivity index (χ0n) is 7.41. The van der Waals surface area contributed by atoms with Gasteiger partial charge in [-0.05, 0) is 18.6 Å². The minimum atomic E-state index is -0.0719. The van der Waals surface area contributed by atoms with Crippen LogP contribution in [0.25, 0.3) is 0 Å². The van der Waals surface area contributed by atoms with Gasteiger partial charge in [-0.2, -0.15) is 0 Å². The van der Waals surface area contributed by atoms with Crippen LogP contribution in [0.3, 0.4) is 0 Å². The Morgan fingerprint density at radius 1 is 1.46 bits per heavy atom. The summed E-state index contributed by atoms with van der Waals surface area (Å²) in [6, 6.07) is 1.80. The highest BCUT2D eigenvalue weighted by molar-refractivity contribution is 5.43. The Balaban J connectivity index is 2.47. The number of rotatable bonds is 1. The molecule has 4 nitrogen and oxygen atoms in total. The van der Waals surface area contributed by atoms with Crippen molar-refractivity contribution < 1.29 is 14.6 Å². The predicted molar refractivity (Wildman–Crippen MR) is 45.9 cm³/mol. The molecule has 1 aliphatic rings. The molecule has 0 unspecified atom stereocenters. The molecule has 0 fully saturated rings. The van der Waals surface area contributed by atoms with Gasteiger partial charge >= 0.3 is 0 Å². The lowest BCUT2D eigenvalue weighted by molar-refractivity contribution is 0.161. The second kappa shape index (κ2) is 3.22. The summed E-state index contributed by atoms with van der Waals surface area (Å²) in [4.78, 5) is 4.10. The highest BCUT2D eigenvalue weighted by Gasteiger charge is 2.16. The van der Waals surface area contributed by atoms with E-state index in [-0.39, 0.29) is 6.61 Å². The van der Waals surface area contributed by atoms with Gasteiger partial charge in [0.2, 0.25) is 0 Å². The van der Waals surface area contributed by atoms with E-state index in [0.717, 1.165) is 5.56 Å². The maximum Gasteiger partial charge on any atom is 0.257 e. The molecule has 0 aromatic carbocycles. The fraction of sp³-hybridized carbons (Fsp3) is 0.444. The molecule has 0 amide bonds. The Kier molecular flexibility index (Phi) is 2.06. The summed E-state index contributed by atoms with van der Waals surface area (Å²) in [5.74, 6) is 1.19. The second-order valence-corrected chi connectivity index (χ2v) is 2.92. The lowest BCUT2D eigenvalue weighted by atomic mass is 10.2. The van der Waals surface area contributed by atoms with E-state index >= 15 is 0 Å². The lowest BCUT2D eigenvalue weighted by Crippen LogP contribution is -2.17. The molecule has 70 valence electrons. The van der Waals surface area contributed by atoms with E-state index in [9.17, 15) is 0 Å². The molecule has 1 N–H and O–H groups in total. The molecule has 0 saturated carbocycles. The number of aliphatic hydroxyl groups excluding tert-OH is 1. The number of hydrogen-bond acceptors (Lipinski definition) is 4. The van der Waals surface area contributed by atoms with Gasteiger partial charge in [-0.1, -0.05) is 0 Å². The Morgan fingerprint density at radius 2 is 2.23 bits per heavy atom. The van der Waals surface area contributed by atoms with E-state index in [4.69, 9.17) is 14.6 Å². The van der Waals surface area contributed by atoms with Gasteiger partial charge in [0.25, 0.3) is 5.88 Å². The highest BCUT2D eigenvalue weighted by atomic mass is 16.6. The number of aryl methyl sites for hydroxylation is 1. The first-order chi connectivity index (χ1) is 6.31. The fourth-order valence-corrected chi connectivity index (χ4v) is 1.33. The summed E-state index contributed by atoms with van der Waals surface area (Å²) in [6.07, 6.45) is 0. The molecule has 0 spiro atoms. The van der Waals surface area contributed by atoms with Crippen LogP contribution in [-0.4, -0.2) is 23.3 Å². The maximum absolute atomic E-state index is 8.90. The minimum Gasteiger partial charge on any atom is -0.484 e. The molecule has 0 aliphatic carbocycles. The molecule has 2 rings (SSSR count). The molecule has 0 atom stereocenters. The van der Waals surface area contributed by atoms with Crippen LogP contribution in [0.4, 0.5) is 0 Å². The molecule has 0 radical (unpaired) electrons. The van der Waals surface area contributed by atoms with Crippen molar-refractivity contribution in [2.75, 3.05) is 13.2 Å². The van der Waals surface area contributed by atoms with Crippen LogP contribution in [0.2, 0.25) is 0 Å². The van der Waals surface area contributed by atoms with Crippen LogP contribution < -0.4 is 9.47 Å². The molecule has 1 aromatic rings. The van der Waals surface area contributed by atoms with Gasteiger partial charge in [-0.3, -0.25) is 0 Å². The fourth-order valence-electron chi connectivity index (χ4n) is 1.33. The van der Waals surface area contributed by atoms with E-state index in [1.807, 2.05) is 6.92 Å². The van der Waals surface area contributed by atoms with Crippen LogP contribution in [0.15, 0.2) is 6.07 Å². The molecule has 13 heavy (non-hydrogen) atoms. The standard InChI is InChI=1S/C9H11NO3/c1-6-4-7(5-11)10-9-8(6)12-2-3-13-9/h4,11H,2-3,5H2,1H3. The largest absolute Gasteiger partial charge is 0.484 e. The van der Waals surface area contributed by atoms with Crippen molar-refractivity contribution >= 4 is 0 Å². The third-order valence-corrected chi connectivity index (χ3v) is 1.91. The van der Waals surface area contributed by atoms with Gasteiger partial charge in [0, 0.05) is 0 Å². The van der Waals surface area contributed by atoms with Crippen molar-refractivity contribution in [3.63, 3.8) is 0 Å². The molecular weight excluding hydrogens is 170 g/mol. The quantitative estimate of drug-likeness (QED) is 0.691. The van der Waals surface area contributed by atoms with Crippen LogP contribution in [0.1, 0.15) is 11.3 Å². The van der Waals surface area contributed by atoms with Crippen molar-refractivity contribution in [1.82, 2.24) is 4.98 Å². The zero-order chi connectivity index (χ0) is 9.26. The molecule has 0 saturated heterocycles. The average molecular weight is 181 g/mol. The van der Waals surface area contributed by atoms with Crippen LogP contribution in [0, 0.1) is 6.92 Å². The summed E-state index contributed by atoms with van der Waals surface area (Å²) < 4.78 is 10.7. The van der Waals surface area contributed by atoms with E-state index in [2.05, 4.69) is 4.98 Å². The topological polar surface area (TPSA) is 51.6 Å². The van der Waals surface area contributed by atoms with Gasteiger partial charge in [0.15, 0.2) is 5.75 Å². The maximum atomic E-state index is 8.90. The predicted octanol–water partition coefficient (Wildman–Crippen LogP) is 0.654. The Bertz CT molecular complexity index is 325. The Hall–Kier alpha value is -1.29. The molecule has 1 aliphatic heterocycles. The number of pyridine rings is 1. The van der Waals surface area contributed by atoms with Gasteiger partial charge in [-0.15, -0.1) is 0 Å². The molecule has 0 bridgehead atoms. The normalized spacial score (nSPS) is 14.3. The monoisotopic (exact) mass is 181 g/mol. The number of ether oxygens (including phenoxy) is 2. The highest BCUT2D eigenvalue weighted by Crippen LogP contribution is 2.31.